The molecule has 37 heavy (non-hydrogen) atoms. The molecular formula is C25H23N5O4S3. The number of rotatable bonds is 5. The second-order valence-electron chi connectivity index (χ2n) is 8.84. The number of hydrogen-bond donors (Lipinski definition) is 1. The molecule has 1 N–H and O–H groups in total. The van der Waals surface area contributed by atoms with E-state index in [1.807, 2.05) is 40.6 Å². The van der Waals surface area contributed by atoms with Gasteiger partial charge in [-0.25, -0.2) is 8.42 Å². The molecule has 4 heterocycles. The first-order valence-electron chi connectivity index (χ1n) is 11.7. The van der Waals surface area contributed by atoms with Crippen LogP contribution in [0.4, 0.5) is 5.69 Å². The van der Waals surface area contributed by atoms with Crippen molar-refractivity contribution in [1.82, 2.24) is 14.2 Å². The van der Waals surface area contributed by atoms with E-state index in [-0.39, 0.29) is 29.4 Å². The van der Waals surface area contributed by atoms with Gasteiger partial charge in [-0.15, -0.1) is 15.7 Å². The van der Waals surface area contributed by atoms with E-state index in [0.29, 0.717) is 30.1 Å². The molecule has 2 aliphatic rings. The van der Waals surface area contributed by atoms with Gasteiger partial charge in [0.15, 0.2) is 0 Å². The van der Waals surface area contributed by atoms with Gasteiger partial charge in [0.1, 0.15) is 15.6 Å². The number of piperazine rings is 1. The fraction of sp³-hybridized carbons (Fsp3) is 0.200. The number of thiophene rings is 1. The Morgan fingerprint density at radius 1 is 0.973 bits per heavy atom. The van der Waals surface area contributed by atoms with E-state index in [4.69, 9.17) is 0 Å². The molecule has 4 aromatic rings. The summed E-state index contributed by atoms with van der Waals surface area (Å²) in [6, 6.07) is 17.9. The molecule has 9 nitrogen and oxygen atoms in total. The quantitative estimate of drug-likeness (QED) is 0.403. The van der Waals surface area contributed by atoms with Crippen LogP contribution in [0.25, 0.3) is 21.3 Å². The standard InChI is InChI=1S/C25H23N5O4S3/c31-36(32)23-16-19(21-6-3-15-35-21)8-9-20(23)27-24(28-36)17-29-11-13-30(14-12-29)37(33,34)22-7-1-4-18-5-2-10-26-25(18)22/h1-10,15-16H,11-14,17H2,(H,27,28). The summed E-state index contributed by atoms with van der Waals surface area (Å²) in [5.41, 5.74) is 1.78. The van der Waals surface area contributed by atoms with Crippen molar-refractivity contribution in [3.8, 4) is 10.4 Å². The molecule has 1 fully saturated rings. The van der Waals surface area contributed by atoms with Crippen LogP contribution in [0.5, 0.6) is 0 Å². The highest BCUT2D eigenvalue weighted by Crippen LogP contribution is 2.34. The lowest BCUT2D eigenvalue weighted by Gasteiger charge is -2.34. The SMILES string of the molecule is O=S1(=O)N=C(CN2CCN(S(=O)(=O)c3cccc4cccnc34)CC2)Nc2ccc(-c3cccs3)cc21. The second kappa shape index (κ2) is 9.30. The number of pyridine rings is 1. The number of nitrogens with zero attached hydrogens (tertiary/aromatic N) is 4. The number of benzene rings is 2. The highest BCUT2D eigenvalue weighted by atomic mass is 32.2. The van der Waals surface area contributed by atoms with Gasteiger partial charge in [-0.05, 0) is 41.3 Å². The van der Waals surface area contributed by atoms with E-state index in [1.54, 1.807) is 47.9 Å². The van der Waals surface area contributed by atoms with Gasteiger partial charge in [0.2, 0.25) is 10.0 Å². The molecule has 1 saturated heterocycles. The lowest BCUT2D eigenvalue weighted by atomic mass is 10.1. The molecule has 6 rings (SSSR count). The molecule has 2 aromatic carbocycles. The normalized spacial score (nSPS) is 18.2. The third kappa shape index (κ3) is 4.55. The molecule has 0 radical (unpaired) electrons. The van der Waals surface area contributed by atoms with Crippen LogP contribution < -0.4 is 5.32 Å². The van der Waals surface area contributed by atoms with Crippen LogP contribution in [-0.4, -0.2) is 69.6 Å². The fourth-order valence-corrected chi connectivity index (χ4v) is 8.12. The summed E-state index contributed by atoms with van der Waals surface area (Å²) in [7, 11) is -7.58. The molecule has 0 atom stereocenters. The minimum Gasteiger partial charge on any atom is -0.341 e. The lowest BCUT2D eigenvalue weighted by Crippen LogP contribution is -2.50. The minimum absolute atomic E-state index is 0.154. The first-order valence-corrected chi connectivity index (χ1v) is 15.4. The van der Waals surface area contributed by atoms with Crippen molar-refractivity contribution in [3.63, 3.8) is 0 Å². The number of sulfonamides is 2. The average molecular weight is 554 g/mol. The van der Waals surface area contributed by atoms with Crippen molar-refractivity contribution in [1.29, 1.82) is 0 Å². The van der Waals surface area contributed by atoms with Gasteiger partial charge >= 0.3 is 0 Å². The van der Waals surface area contributed by atoms with Gasteiger partial charge in [0.25, 0.3) is 10.0 Å². The van der Waals surface area contributed by atoms with E-state index in [1.165, 1.54) is 4.31 Å². The van der Waals surface area contributed by atoms with Crippen LogP contribution in [0.1, 0.15) is 0 Å². The van der Waals surface area contributed by atoms with Crippen LogP contribution in [-0.2, 0) is 20.0 Å². The predicted octanol–water partition coefficient (Wildman–Crippen LogP) is 3.48. The molecule has 0 unspecified atom stereocenters. The Labute approximate surface area is 219 Å². The van der Waals surface area contributed by atoms with Gasteiger partial charge in [-0.2, -0.15) is 12.7 Å². The van der Waals surface area contributed by atoms with Gasteiger partial charge < -0.3 is 5.32 Å². The van der Waals surface area contributed by atoms with E-state index in [2.05, 4.69) is 14.7 Å². The largest absolute Gasteiger partial charge is 0.341 e. The van der Waals surface area contributed by atoms with Crippen molar-refractivity contribution < 1.29 is 16.8 Å². The number of fused-ring (bicyclic) bond motifs is 2. The van der Waals surface area contributed by atoms with Gasteiger partial charge in [-0.3, -0.25) is 9.88 Å². The Bertz CT molecular complexity index is 1720. The minimum atomic E-state index is -3.86. The van der Waals surface area contributed by atoms with Crippen LogP contribution in [0.2, 0.25) is 0 Å². The van der Waals surface area contributed by atoms with E-state index < -0.39 is 20.0 Å². The van der Waals surface area contributed by atoms with Crippen LogP contribution in [0.15, 0.2) is 86.4 Å². The van der Waals surface area contributed by atoms with E-state index >= 15 is 0 Å². The number of para-hydroxylation sites is 1. The summed E-state index contributed by atoms with van der Waals surface area (Å²) in [5.74, 6) is 0.325. The molecule has 12 heteroatoms. The summed E-state index contributed by atoms with van der Waals surface area (Å²) in [6.45, 7) is 1.73. The maximum Gasteiger partial charge on any atom is 0.286 e. The topological polar surface area (TPSA) is 112 Å². The summed E-state index contributed by atoms with van der Waals surface area (Å²) in [6.07, 6.45) is 1.59. The highest BCUT2D eigenvalue weighted by molar-refractivity contribution is 7.90. The second-order valence-corrected chi connectivity index (χ2v) is 13.3. The number of anilines is 1. The van der Waals surface area contributed by atoms with Crippen molar-refractivity contribution in [2.24, 2.45) is 4.40 Å². The third-order valence-corrected chi connectivity index (χ3v) is 10.7. The molecule has 0 amide bonds. The molecular weight excluding hydrogens is 531 g/mol. The highest BCUT2D eigenvalue weighted by Gasteiger charge is 2.32. The number of aromatic nitrogens is 1. The Morgan fingerprint density at radius 2 is 1.78 bits per heavy atom. The van der Waals surface area contributed by atoms with Gasteiger partial charge in [0, 0.05) is 42.6 Å². The lowest BCUT2D eigenvalue weighted by molar-refractivity contribution is 0.209. The van der Waals surface area contributed by atoms with Crippen molar-refractivity contribution in [3.05, 3.63) is 72.2 Å². The zero-order chi connectivity index (χ0) is 25.6. The average Bonchev–Trinajstić information content (AvgIpc) is 3.43. The van der Waals surface area contributed by atoms with Gasteiger partial charge in [-0.1, -0.05) is 30.3 Å². The fourth-order valence-electron chi connectivity index (χ4n) is 4.64. The van der Waals surface area contributed by atoms with E-state index in [0.717, 1.165) is 15.8 Å². The first-order chi connectivity index (χ1) is 17.8. The van der Waals surface area contributed by atoms with Crippen molar-refractivity contribution >= 4 is 53.8 Å². The smallest absolute Gasteiger partial charge is 0.286 e. The number of hydrogen-bond acceptors (Lipinski definition) is 8. The maximum absolute atomic E-state index is 13.4. The number of nitrogens with one attached hydrogen (secondary N) is 1. The Kier molecular flexibility index (Phi) is 6.08. The summed E-state index contributed by atoms with van der Waals surface area (Å²) in [5, 5.41) is 5.87. The van der Waals surface area contributed by atoms with Crippen molar-refractivity contribution in [2.45, 2.75) is 9.79 Å². The van der Waals surface area contributed by atoms with Gasteiger partial charge in [0.05, 0.1) is 17.7 Å². The van der Waals surface area contributed by atoms with Crippen LogP contribution in [0.3, 0.4) is 0 Å². The maximum atomic E-state index is 13.4. The zero-order valence-electron chi connectivity index (χ0n) is 19.6. The summed E-state index contributed by atoms with van der Waals surface area (Å²) in [4.78, 5) is 7.63. The number of amidine groups is 1. The van der Waals surface area contributed by atoms with Crippen LogP contribution in [0, 0.1) is 0 Å². The molecule has 2 aromatic heterocycles. The Morgan fingerprint density at radius 3 is 2.57 bits per heavy atom. The molecule has 0 spiro atoms. The van der Waals surface area contributed by atoms with Crippen molar-refractivity contribution in [2.75, 3.05) is 38.0 Å². The Balaban J connectivity index is 1.16. The summed E-state index contributed by atoms with van der Waals surface area (Å²) >= 11 is 1.54. The van der Waals surface area contributed by atoms with Crippen LogP contribution >= 0.6 is 11.3 Å². The predicted molar refractivity (Wildman–Crippen MR) is 145 cm³/mol. The first kappa shape index (κ1) is 24.2. The molecule has 0 bridgehead atoms. The monoisotopic (exact) mass is 553 g/mol. The molecule has 0 saturated carbocycles. The summed E-state index contributed by atoms with van der Waals surface area (Å²) < 4.78 is 58.2. The molecule has 2 aliphatic heterocycles. The zero-order valence-corrected chi connectivity index (χ0v) is 22.1. The molecule has 190 valence electrons. The molecule has 0 aliphatic carbocycles. The third-order valence-electron chi connectivity index (χ3n) is 6.49. The Hall–Kier alpha value is -3.16. The van der Waals surface area contributed by atoms with E-state index in [9.17, 15) is 16.8 Å².